The number of amides is 1. The van der Waals surface area contributed by atoms with Gasteiger partial charge in [0.15, 0.2) is 0 Å². The molecule has 0 unspecified atom stereocenters. The third-order valence-corrected chi connectivity index (χ3v) is 1.88. The van der Waals surface area contributed by atoms with Crippen LogP contribution in [0.4, 0.5) is 0 Å². The zero-order valence-corrected chi connectivity index (χ0v) is 8.56. The van der Waals surface area contributed by atoms with Crippen molar-refractivity contribution < 1.29 is 4.79 Å². The predicted molar refractivity (Wildman–Crippen MR) is 52.4 cm³/mol. The van der Waals surface area contributed by atoms with Crippen molar-refractivity contribution in [1.82, 2.24) is 19.7 Å². The minimum absolute atomic E-state index is 0.109. The van der Waals surface area contributed by atoms with Crippen LogP contribution in [0.3, 0.4) is 0 Å². The number of nitrogens with zero attached hydrogens (tertiary/aromatic N) is 3. The Bertz CT molecular complexity index is 459. The highest BCUT2D eigenvalue weighted by Crippen LogP contribution is 1.89. The summed E-state index contributed by atoms with van der Waals surface area (Å²) in [6.07, 6.45) is 1.37. The third kappa shape index (κ3) is 2.76. The highest BCUT2D eigenvalue weighted by Gasteiger charge is 2.06. The van der Waals surface area contributed by atoms with Crippen molar-refractivity contribution in [2.24, 2.45) is 0 Å². The number of hydrogen-bond donors (Lipinski definition) is 1. The predicted octanol–water partition coefficient (Wildman–Crippen LogP) is -1.59. The normalized spacial score (nSPS) is 10.0. The molecule has 0 radical (unpaired) electrons. The van der Waals surface area contributed by atoms with Crippen LogP contribution in [-0.4, -0.2) is 39.7 Å². The van der Waals surface area contributed by atoms with E-state index in [1.54, 1.807) is 14.1 Å². The Morgan fingerprint density at radius 1 is 1.53 bits per heavy atom. The lowest BCUT2D eigenvalue weighted by Gasteiger charge is -2.10. The molecule has 0 aliphatic carbocycles. The molecular formula is C8H12N4O3. The highest BCUT2D eigenvalue weighted by molar-refractivity contribution is 5.75. The molecule has 7 nitrogen and oxygen atoms in total. The maximum atomic E-state index is 11.2. The van der Waals surface area contributed by atoms with Gasteiger partial charge in [-0.1, -0.05) is 0 Å². The minimum Gasteiger partial charge on any atom is -0.349 e. The summed E-state index contributed by atoms with van der Waals surface area (Å²) >= 11 is 0. The van der Waals surface area contributed by atoms with Gasteiger partial charge in [0.05, 0.1) is 0 Å². The zero-order chi connectivity index (χ0) is 11.4. The second-order valence-corrected chi connectivity index (χ2v) is 3.22. The van der Waals surface area contributed by atoms with Crippen molar-refractivity contribution in [3.8, 4) is 0 Å². The van der Waals surface area contributed by atoms with Crippen LogP contribution in [0, 0.1) is 0 Å². The molecule has 1 heterocycles. The molecule has 1 aromatic heterocycles. The fourth-order valence-corrected chi connectivity index (χ4v) is 0.987. The first-order valence-electron chi connectivity index (χ1n) is 4.36. The van der Waals surface area contributed by atoms with E-state index in [4.69, 9.17) is 0 Å². The Morgan fingerprint density at radius 3 is 2.80 bits per heavy atom. The van der Waals surface area contributed by atoms with E-state index in [0.717, 1.165) is 4.57 Å². The number of H-pyrrole nitrogens is 1. The third-order valence-electron chi connectivity index (χ3n) is 1.88. The molecule has 1 amide bonds. The SMILES string of the molecule is CN(C)C(=O)CCn1cn[nH]c(=O)c1=O. The molecule has 0 spiro atoms. The maximum absolute atomic E-state index is 11.2. The number of nitrogens with one attached hydrogen (secondary N) is 1. The summed E-state index contributed by atoms with van der Waals surface area (Å²) in [5.74, 6) is -0.109. The summed E-state index contributed by atoms with van der Waals surface area (Å²) in [6, 6.07) is 0. The number of aromatic nitrogens is 3. The van der Waals surface area contributed by atoms with E-state index in [1.165, 1.54) is 11.2 Å². The molecule has 0 saturated carbocycles. The van der Waals surface area contributed by atoms with Crippen LogP contribution in [-0.2, 0) is 11.3 Å². The number of aromatic amines is 1. The number of carbonyl (C=O) groups is 1. The minimum atomic E-state index is -0.783. The lowest BCUT2D eigenvalue weighted by molar-refractivity contribution is -0.128. The average molecular weight is 212 g/mol. The van der Waals surface area contributed by atoms with E-state index in [1.807, 2.05) is 5.10 Å². The first kappa shape index (κ1) is 11.2. The van der Waals surface area contributed by atoms with Gasteiger partial charge in [-0.25, -0.2) is 5.10 Å². The first-order valence-corrected chi connectivity index (χ1v) is 4.36. The highest BCUT2D eigenvalue weighted by atomic mass is 16.2. The van der Waals surface area contributed by atoms with Gasteiger partial charge in [-0.2, -0.15) is 5.10 Å². The van der Waals surface area contributed by atoms with Gasteiger partial charge in [0.2, 0.25) is 5.91 Å². The molecule has 1 aromatic rings. The molecular weight excluding hydrogens is 200 g/mol. The smallest absolute Gasteiger partial charge is 0.330 e. The Hall–Kier alpha value is -1.92. The number of aryl methyl sites for hydroxylation is 1. The van der Waals surface area contributed by atoms with Crippen LogP contribution in [0.15, 0.2) is 15.9 Å². The second-order valence-electron chi connectivity index (χ2n) is 3.22. The van der Waals surface area contributed by atoms with Crippen LogP contribution < -0.4 is 11.1 Å². The van der Waals surface area contributed by atoms with Crippen molar-refractivity contribution in [3.05, 3.63) is 27.0 Å². The number of carbonyl (C=O) groups excluding carboxylic acids is 1. The van der Waals surface area contributed by atoms with E-state index in [9.17, 15) is 14.4 Å². The van der Waals surface area contributed by atoms with Crippen molar-refractivity contribution in [3.63, 3.8) is 0 Å². The van der Waals surface area contributed by atoms with Gasteiger partial charge in [-0.05, 0) is 0 Å². The zero-order valence-electron chi connectivity index (χ0n) is 8.56. The molecule has 0 aliphatic heterocycles. The fraction of sp³-hybridized carbons (Fsp3) is 0.500. The van der Waals surface area contributed by atoms with Gasteiger partial charge in [0, 0.05) is 27.1 Å². The van der Waals surface area contributed by atoms with E-state index in [2.05, 4.69) is 5.10 Å². The van der Waals surface area contributed by atoms with Gasteiger partial charge in [-0.15, -0.1) is 0 Å². The molecule has 0 aromatic carbocycles. The lowest BCUT2D eigenvalue weighted by Crippen LogP contribution is -2.37. The lowest BCUT2D eigenvalue weighted by atomic mass is 10.4. The van der Waals surface area contributed by atoms with Crippen molar-refractivity contribution in [1.29, 1.82) is 0 Å². The molecule has 1 rings (SSSR count). The van der Waals surface area contributed by atoms with E-state index < -0.39 is 11.1 Å². The number of hydrogen-bond acceptors (Lipinski definition) is 4. The van der Waals surface area contributed by atoms with E-state index in [-0.39, 0.29) is 18.9 Å². The summed E-state index contributed by atoms with van der Waals surface area (Å²) < 4.78 is 1.11. The van der Waals surface area contributed by atoms with Crippen LogP contribution >= 0.6 is 0 Å². The summed E-state index contributed by atoms with van der Waals surface area (Å²) in [5, 5.41) is 5.48. The van der Waals surface area contributed by atoms with E-state index in [0.29, 0.717) is 0 Å². The van der Waals surface area contributed by atoms with Crippen molar-refractivity contribution in [2.45, 2.75) is 13.0 Å². The maximum Gasteiger partial charge on any atom is 0.330 e. The van der Waals surface area contributed by atoms with Gasteiger partial charge < -0.3 is 4.90 Å². The van der Waals surface area contributed by atoms with E-state index >= 15 is 0 Å². The van der Waals surface area contributed by atoms with Crippen LogP contribution in [0.1, 0.15) is 6.42 Å². The summed E-state index contributed by atoms with van der Waals surface area (Å²) in [6.45, 7) is 0.159. The molecule has 0 atom stereocenters. The standard InChI is InChI=1S/C8H12N4O3/c1-11(2)6(13)3-4-12-5-9-10-7(14)8(12)15/h5H,3-4H2,1-2H3,(H,10,14). The Kier molecular flexibility index (Phi) is 3.37. The fourth-order valence-electron chi connectivity index (χ4n) is 0.987. The Labute approximate surface area is 85.3 Å². The second kappa shape index (κ2) is 4.54. The van der Waals surface area contributed by atoms with Crippen molar-refractivity contribution in [2.75, 3.05) is 14.1 Å². The molecule has 0 fully saturated rings. The monoisotopic (exact) mass is 212 g/mol. The molecule has 0 saturated heterocycles. The van der Waals surface area contributed by atoms with Gasteiger partial charge >= 0.3 is 11.1 Å². The number of rotatable bonds is 3. The summed E-state index contributed by atoms with van der Waals surface area (Å²) in [4.78, 5) is 34.7. The molecule has 7 heteroatoms. The Morgan fingerprint density at radius 2 is 2.20 bits per heavy atom. The first-order chi connectivity index (χ1) is 7.02. The molecule has 0 aliphatic rings. The quantitative estimate of drug-likeness (QED) is 0.612. The molecule has 0 bridgehead atoms. The Balaban J connectivity index is 2.75. The van der Waals surface area contributed by atoms with Gasteiger partial charge in [-0.3, -0.25) is 19.0 Å². The largest absolute Gasteiger partial charge is 0.349 e. The van der Waals surface area contributed by atoms with Gasteiger partial charge in [0.25, 0.3) is 0 Å². The topological polar surface area (TPSA) is 88.1 Å². The molecule has 15 heavy (non-hydrogen) atoms. The molecule has 82 valence electrons. The summed E-state index contributed by atoms with van der Waals surface area (Å²) in [7, 11) is 3.25. The van der Waals surface area contributed by atoms with Crippen LogP contribution in [0.25, 0.3) is 0 Å². The van der Waals surface area contributed by atoms with Gasteiger partial charge in [0.1, 0.15) is 6.33 Å². The van der Waals surface area contributed by atoms with Crippen LogP contribution in [0.5, 0.6) is 0 Å². The molecule has 1 N–H and O–H groups in total. The van der Waals surface area contributed by atoms with Crippen molar-refractivity contribution >= 4 is 5.91 Å². The van der Waals surface area contributed by atoms with Crippen LogP contribution in [0.2, 0.25) is 0 Å². The average Bonchev–Trinajstić information content (AvgIpc) is 2.19. The summed E-state index contributed by atoms with van der Waals surface area (Å²) in [5.41, 5.74) is -1.48.